The maximum Gasteiger partial charge on any atom is 0.352 e. The molecule has 0 fully saturated rings. The van der Waals surface area contributed by atoms with Crippen LogP contribution in [0.15, 0.2) is 12.3 Å². The van der Waals surface area contributed by atoms with E-state index in [1.807, 2.05) is 13.1 Å². The number of carboxylic acids is 1. The number of hydrogen-bond donors (Lipinski definition) is 1. The van der Waals surface area contributed by atoms with E-state index in [9.17, 15) is 4.79 Å². The number of carbonyl (C=O) groups is 1. The topological polar surface area (TPSA) is 42.2 Å². The molecule has 3 nitrogen and oxygen atoms in total. The fourth-order valence-corrected chi connectivity index (χ4v) is 1.04. The van der Waals surface area contributed by atoms with Gasteiger partial charge in [0.1, 0.15) is 5.69 Å². The maximum absolute atomic E-state index is 10.5. The highest BCUT2D eigenvalue weighted by Crippen LogP contribution is 2.07. The molecule has 0 atom stereocenters. The van der Waals surface area contributed by atoms with Crippen LogP contribution in [0, 0.1) is 0 Å². The third kappa shape index (κ3) is 1.42. The fraction of sp³-hybridized carbons (Fsp3) is 0.375. The molecule has 0 bridgehead atoms. The summed E-state index contributed by atoms with van der Waals surface area (Å²) in [6, 6.07) is 1.70. The number of aromatic nitrogens is 1. The van der Waals surface area contributed by atoms with Crippen LogP contribution < -0.4 is 0 Å². The summed E-state index contributed by atoms with van der Waals surface area (Å²) in [5.74, 6) is -0.868. The van der Waals surface area contributed by atoms with E-state index in [4.69, 9.17) is 5.11 Å². The van der Waals surface area contributed by atoms with Crippen molar-refractivity contribution >= 4 is 5.97 Å². The molecule has 0 radical (unpaired) electrons. The van der Waals surface area contributed by atoms with Gasteiger partial charge < -0.3 is 9.67 Å². The molecule has 1 heterocycles. The summed E-state index contributed by atoms with van der Waals surface area (Å²) in [6.45, 7) is 2.00. The Morgan fingerprint density at radius 3 is 2.64 bits per heavy atom. The zero-order valence-electron chi connectivity index (χ0n) is 6.66. The molecule has 0 spiro atoms. The van der Waals surface area contributed by atoms with Crippen LogP contribution in [0.25, 0.3) is 0 Å². The summed E-state index contributed by atoms with van der Waals surface area (Å²) < 4.78 is 1.63. The lowest BCUT2D eigenvalue weighted by Gasteiger charge is -1.93. The number of aryl methyl sites for hydroxylation is 2. The van der Waals surface area contributed by atoms with E-state index in [0.717, 1.165) is 12.0 Å². The molecule has 0 saturated heterocycles. The van der Waals surface area contributed by atoms with Crippen molar-refractivity contribution in [1.29, 1.82) is 0 Å². The molecular formula is C8H11NO2. The van der Waals surface area contributed by atoms with Gasteiger partial charge in [0, 0.05) is 13.2 Å². The summed E-state index contributed by atoms with van der Waals surface area (Å²) in [5.41, 5.74) is 1.41. The zero-order chi connectivity index (χ0) is 8.43. The molecule has 3 heteroatoms. The Labute approximate surface area is 65.3 Å². The standard InChI is InChI=1S/C8H11NO2/c1-3-6-4-7(8(10)11)9(2)5-6/h4-5H,3H2,1-2H3,(H,10,11). The van der Waals surface area contributed by atoms with Crippen molar-refractivity contribution in [2.75, 3.05) is 0 Å². The van der Waals surface area contributed by atoms with Crippen LogP contribution in [0.2, 0.25) is 0 Å². The van der Waals surface area contributed by atoms with Gasteiger partial charge in [-0.25, -0.2) is 4.79 Å². The molecule has 1 N–H and O–H groups in total. The number of aromatic carboxylic acids is 1. The Balaban J connectivity index is 3.07. The van der Waals surface area contributed by atoms with Gasteiger partial charge in [0.15, 0.2) is 0 Å². The summed E-state index contributed by atoms with van der Waals surface area (Å²) in [4.78, 5) is 10.5. The van der Waals surface area contributed by atoms with Gasteiger partial charge in [-0.15, -0.1) is 0 Å². The minimum atomic E-state index is -0.868. The first-order chi connectivity index (χ1) is 5.15. The molecule has 0 unspecified atom stereocenters. The van der Waals surface area contributed by atoms with Crippen LogP contribution in [-0.2, 0) is 13.5 Å². The molecule has 0 aliphatic carbocycles. The van der Waals surface area contributed by atoms with Crippen molar-refractivity contribution < 1.29 is 9.90 Å². The van der Waals surface area contributed by atoms with E-state index < -0.39 is 5.97 Å². The van der Waals surface area contributed by atoms with Gasteiger partial charge >= 0.3 is 5.97 Å². The number of rotatable bonds is 2. The first-order valence-corrected chi connectivity index (χ1v) is 3.53. The highest BCUT2D eigenvalue weighted by molar-refractivity contribution is 5.86. The van der Waals surface area contributed by atoms with Crippen LogP contribution in [-0.4, -0.2) is 15.6 Å². The van der Waals surface area contributed by atoms with Crippen molar-refractivity contribution in [2.24, 2.45) is 7.05 Å². The van der Waals surface area contributed by atoms with Crippen molar-refractivity contribution in [3.05, 3.63) is 23.5 Å². The van der Waals surface area contributed by atoms with E-state index in [0.29, 0.717) is 5.69 Å². The Kier molecular flexibility index (Phi) is 1.98. The van der Waals surface area contributed by atoms with Gasteiger partial charge in [-0.05, 0) is 18.1 Å². The highest BCUT2D eigenvalue weighted by Gasteiger charge is 2.07. The zero-order valence-corrected chi connectivity index (χ0v) is 6.66. The van der Waals surface area contributed by atoms with E-state index in [1.54, 1.807) is 17.7 Å². The third-order valence-electron chi connectivity index (χ3n) is 1.69. The van der Waals surface area contributed by atoms with Gasteiger partial charge in [-0.3, -0.25) is 0 Å². The first-order valence-electron chi connectivity index (χ1n) is 3.53. The van der Waals surface area contributed by atoms with Gasteiger partial charge in [-0.2, -0.15) is 0 Å². The second-order valence-corrected chi connectivity index (χ2v) is 2.50. The van der Waals surface area contributed by atoms with Crippen molar-refractivity contribution in [1.82, 2.24) is 4.57 Å². The summed E-state index contributed by atoms with van der Waals surface area (Å²) >= 11 is 0. The number of hydrogen-bond acceptors (Lipinski definition) is 1. The quantitative estimate of drug-likeness (QED) is 0.695. The van der Waals surface area contributed by atoms with Gasteiger partial charge in [0.2, 0.25) is 0 Å². The predicted molar refractivity (Wildman–Crippen MR) is 41.8 cm³/mol. The molecule has 1 rings (SSSR count). The molecule has 0 amide bonds. The summed E-state index contributed by atoms with van der Waals surface area (Å²) in [5, 5.41) is 8.65. The highest BCUT2D eigenvalue weighted by atomic mass is 16.4. The van der Waals surface area contributed by atoms with Crippen LogP contribution in [0.3, 0.4) is 0 Å². The summed E-state index contributed by atoms with van der Waals surface area (Å²) in [7, 11) is 1.74. The molecular weight excluding hydrogens is 142 g/mol. The number of nitrogens with zero attached hydrogens (tertiary/aromatic N) is 1. The molecule has 1 aromatic rings. The second-order valence-electron chi connectivity index (χ2n) is 2.50. The normalized spacial score (nSPS) is 10.0. The Hall–Kier alpha value is -1.25. The fourth-order valence-electron chi connectivity index (χ4n) is 1.04. The monoisotopic (exact) mass is 153 g/mol. The second kappa shape index (κ2) is 2.78. The largest absolute Gasteiger partial charge is 0.477 e. The summed E-state index contributed by atoms with van der Waals surface area (Å²) in [6.07, 6.45) is 2.71. The van der Waals surface area contributed by atoms with Crippen LogP contribution in [0.5, 0.6) is 0 Å². The van der Waals surface area contributed by atoms with Crippen LogP contribution in [0.4, 0.5) is 0 Å². The lowest BCUT2D eigenvalue weighted by atomic mass is 10.2. The molecule has 0 aliphatic rings. The minimum absolute atomic E-state index is 0.349. The first kappa shape index (κ1) is 7.85. The van der Waals surface area contributed by atoms with Crippen LogP contribution in [0.1, 0.15) is 23.0 Å². The SMILES string of the molecule is CCc1cc(C(=O)O)n(C)c1. The van der Waals surface area contributed by atoms with Crippen molar-refractivity contribution in [2.45, 2.75) is 13.3 Å². The molecule has 60 valence electrons. The molecule has 11 heavy (non-hydrogen) atoms. The van der Waals surface area contributed by atoms with Gasteiger partial charge in [-0.1, -0.05) is 6.92 Å². The number of carboxylic acid groups (broad SMARTS) is 1. The van der Waals surface area contributed by atoms with Gasteiger partial charge in [0.25, 0.3) is 0 Å². The van der Waals surface area contributed by atoms with E-state index in [1.165, 1.54) is 0 Å². The van der Waals surface area contributed by atoms with Crippen molar-refractivity contribution in [3.8, 4) is 0 Å². The molecule has 0 aromatic carbocycles. The molecule has 1 aromatic heterocycles. The third-order valence-corrected chi connectivity index (χ3v) is 1.69. The predicted octanol–water partition coefficient (Wildman–Crippen LogP) is 1.29. The van der Waals surface area contributed by atoms with E-state index >= 15 is 0 Å². The average molecular weight is 153 g/mol. The minimum Gasteiger partial charge on any atom is -0.477 e. The molecule has 0 saturated carbocycles. The lowest BCUT2D eigenvalue weighted by molar-refractivity contribution is 0.0686. The Morgan fingerprint density at radius 1 is 1.73 bits per heavy atom. The maximum atomic E-state index is 10.5. The smallest absolute Gasteiger partial charge is 0.352 e. The Morgan fingerprint density at radius 2 is 2.36 bits per heavy atom. The molecule has 0 aliphatic heterocycles. The van der Waals surface area contributed by atoms with Crippen molar-refractivity contribution in [3.63, 3.8) is 0 Å². The van der Waals surface area contributed by atoms with Gasteiger partial charge in [0.05, 0.1) is 0 Å². The Bertz CT molecular complexity index is 276. The van der Waals surface area contributed by atoms with E-state index in [-0.39, 0.29) is 0 Å². The average Bonchev–Trinajstić information content (AvgIpc) is 2.30. The van der Waals surface area contributed by atoms with E-state index in [2.05, 4.69) is 0 Å². The van der Waals surface area contributed by atoms with Crippen LogP contribution >= 0.6 is 0 Å². The lowest BCUT2D eigenvalue weighted by Crippen LogP contribution is -2.02.